The van der Waals surface area contributed by atoms with Gasteiger partial charge in [0.25, 0.3) is 5.13 Å². The summed E-state index contributed by atoms with van der Waals surface area (Å²) in [5.41, 5.74) is 0.622. The Kier molecular flexibility index (Phi) is 5.99. The minimum Gasteiger partial charge on any atom is -0.294 e. The molecule has 1 atom stereocenters. The highest BCUT2D eigenvalue weighted by Gasteiger charge is 2.11. The molecular formula is C10H15N7O2S3. The van der Waals surface area contributed by atoms with Crippen molar-refractivity contribution in [3.05, 3.63) is 5.69 Å². The number of aryl methyl sites for hydroxylation is 1. The third kappa shape index (κ3) is 4.09. The predicted octanol–water partition coefficient (Wildman–Crippen LogP) is 2.96. The van der Waals surface area contributed by atoms with Gasteiger partial charge in [-0.2, -0.15) is 0 Å². The van der Waals surface area contributed by atoms with Crippen molar-refractivity contribution in [3.63, 3.8) is 0 Å². The van der Waals surface area contributed by atoms with E-state index in [1.54, 1.807) is 30.3 Å². The highest BCUT2D eigenvalue weighted by molar-refractivity contribution is 8.01. The molecule has 0 N–H and O–H groups in total. The van der Waals surface area contributed by atoms with Gasteiger partial charge in [0, 0.05) is 7.05 Å². The zero-order chi connectivity index (χ0) is 16.1. The Hall–Kier alpha value is -1.37. The Bertz CT molecular complexity index is 761. The van der Waals surface area contributed by atoms with Crippen LogP contribution in [0.4, 0.5) is 16.9 Å². The van der Waals surface area contributed by atoms with Crippen molar-refractivity contribution in [2.75, 3.05) is 12.9 Å². The Morgan fingerprint density at radius 1 is 1.41 bits per heavy atom. The lowest BCUT2D eigenvalue weighted by Gasteiger charge is -1.96. The summed E-state index contributed by atoms with van der Waals surface area (Å²) in [6.45, 7) is 3.81. The summed E-state index contributed by atoms with van der Waals surface area (Å²) in [6.07, 6.45) is 0. The van der Waals surface area contributed by atoms with E-state index < -0.39 is 10.9 Å². The third-order valence-corrected chi connectivity index (χ3v) is 4.91. The number of hydrogen-bond acceptors (Lipinski definition) is 10. The van der Waals surface area contributed by atoms with E-state index >= 15 is 0 Å². The molecule has 0 aromatic carbocycles. The van der Waals surface area contributed by atoms with Gasteiger partial charge in [-0.15, -0.1) is 24.8 Å². The number of imidazole rings is 1. The van der Waals surface area contributed by atoms with Crippen LogP contribution in [-0.2, 0) is 22.1 Å². The number of thiol groups is 1. The first-order valence-corrected chi connectivity index (χ1v) is 9.12. The largest absolute Gasteiger partial charge is 0.294 e. The molecular weight excluding hydrogens is 346 g/mol. The first kappa shape index (κ1) is 17.0. The minimum atomic E-state index is -2.13. The summed E-state index contributed by atoms with van der Waals surface area (Å²) in [6, 6.07) is 0. The predicted molar refractivity (Wildman–Crippen MR) is 87.1 cm³/mol. The summed E-state index contributed by atoms with van der Waals surface area (Å²) in [5, 5.41) is 16.6. The molecule has 12 heteroatoms. The number of thioether (sulfide) groups is 1. The quantitative estimate of drug-likeness (QED) is 0.481. The second-order valence-corrected chi connectivity index (χ2v) is 7.39. The summed E-state index contributed by atoms with van der Waals surface area (Å²) in [5.74, 6) is 1.71. The maximum Gasteiger partial charge on any atom is 0.252 e. The van der Waals surface area contributed by atoms with E-state index in [1.807, 2.05) is 6.92 Å². The molecule has 0 fully saturated rings. The molecule has 120 valence electrons. The van der Waals surface area contributed by atoms with E-state index in [0.717, 1.165) is 10.1 Å². The van der Waals surface area contributed by atoms with Crippen molar-refractivity contribution in [2.24, 2.45) is 21.6 Å². The molecule has 0 aliphatic rings. The van der Waals surface area contributed by atoms with Crippen molar-refractivity contribution < 1.29 is 8.39 Å². The zero-order valence-corrected chi connectivity index (χ0v) is 14.9. The Morgan fingerprint density at radius 2 is 2.18 bits per heavy atom. The summed E-state index contributed by atoms with van der Waals surface area (Å²) >= 11 is 2.97. The fourth-order valence-corrected chi connectivity index (χ4v) is 3.44. The van der Waals surface area contributed by atoms with Crippen molar-refractivity contribution in [1.82, 2.24) is 19.7 Å². The number of hydrogen-bond donors (Lipinski definition) is 1. The molecule has 0 aliphatic carbocycles. The fourth-order valence-electron chi connectivity index (χ4n) is 1.47. The summed E-state index contributed by atoms with van der Waals surface area (Å²) in [7, 11) is 0.905. The lowest BCUT2D eigenvalue weighted by molar-refractivity contribution is 0.453. The first-order valence-electron chi connectivity index (χ1n) is 6.19. The number of azo groups is 1. The van der Waals surface area contributed by atoms with Gasteiger partial charge in [-0.05, 0) is 12.7 Å². The number of rotatable bonds is 6. The van der Waals surface area contributed by atoms with Gasteiger partial charge < -0.3 is 0 Å². The van der Waals surface area contributed by atoms with Crippen LogP contribution in [0.3, 0.4) is 0 Å². The van der Waals surface area contributed by atoms with Crippen LogP contribution in [0.1, 0.15) is 12.6 Å². The van der Waals surface area contributed by atoms with Crippen molar-refractivity contribution in [3.8, 4) is 0 Å². The second-order valence-electron chi connectivity index (χ2n) is 3.88. The lowest BCUT2D eigenvalue weighted by atomic mass is 10.5. The average Bonchev–Trinajstić information content (AvgIpc) is 3.03. The molecule has 2 rings (SSSR count). The van der Waals surface area contributed by atoms with E-state index in [0.29, 0.717) is 16.6 Å². The number of aromatic nitrogens is 4. The summed E-state index contributed by atoms with van der Waals surface area (Å²) in [4.78, 5) is 4.19. The van der Waals surface area contributed by atoms with Crippen molar-refractivity contribution in [1.29, 1.82) is 0 Å². The molecule has 0 aliphatic heterocycles. The average molecular weight is 361 g/mol. The first-order chi connectivity index (χ1) is 10.5. The molecule has 9 nitrogen and oxygen atoms in total. The molecule has 1 unspecified atom stereocenters. The van der Waals surface area contributed by atoms with Gasteiger partial charge in [0.15, 0.2) is 21.0 Å². The van der Waals surface area contributed by atoms with E-state index in [2.05, 4.69) is 34.0 Å². The Balaban J connectivity index is 2.25. The molecule has 0 bridgehead atoms. The SMILES string of the molecule is CCSc1nnc(/N=N/c2c(C)nc(N=[SH](=O)OC)n2C)s1. The van der Waals surface area contributed by atoms with Gasteiger partial charge in [0.2, 0.25) is 5.95 Å². The van der Waals surface area contributed by atoms with E-state index in [9.17, 15) is 4.21 Å². The Morgan fingerprint density at radius 3 is 2.86 bits per heavy atom. The molecule has 22 heavy (non-hydrogen) atoms. The van der Waals surface area contributed by atoms with Crippen LogP contribution >= 0.6 is 23.1 Å². The van der Waals surface area contributed by atoms with Gasteiger partial charge in [0.05, 0.1) is 12.8 Å². The molecule has 0 spiro atoms. The highest BCUT2D eigenvalue weighted by atomic mass is 32.2. The normalized spacial score (nSPS) is 13.3. The van der Waals surface area contributed by atoms with Gasteiger partial charge in [0.1, 0.15) is 0 Å². The molecule has 0 radical (unpaired) electrons. The molecule has 2 aromatic heterocycles. The lowest BCUT2D eigenvalue weighted by Crippen LogP contribution is -1.87. The summed E-state index contributed by atoms with van der Waals surface area (Å²) < 4.78 is 22.3. The van der Waals surface area contributed by atoms with Gasteiger partial charge in [-0.25, -0.2) is 9.19 Å². The van der Waals surface area contributed by atoms with Crippen molar-refractivity contribution >= 4 is 50.9 Å². The smallest absolute Gasteiger partial charge is 0.252 e. The highest BCUT2D eigenvalue weighted by Crippen LogP contribution is 2.30. The van der Waals surface area contributed by atoms with E-state index in [1.165, 1.54) is 18.4 Å². The maximum absolute atomic E-state index is 11.3. The van der Waals surface area contributed by atoms with Crippen LogP contribution in [-0.4, -0.2) is 36.8 Å². The van der Waals surface area contributed by atoms with Gasteiger partial charge >= 0.3 is 0 Å². The van der Waals surface area contributed by atoms with Gasteiger partial charge in [-0.1, -0.05) is 30.0 Å². The van der Waals surface area contributed by atoms with Crippen LogP contribution in [0.15, 0.2) is 18.9 Å². The van der Waals surface area contributed by atoms with E-state index in [-0.39, 0.29) is 5.95 Å². The molecule has 0 saturated heterocycles. The molecule has 0 amide bonds. The van der Waals surface area contributed by atoms with E-state index in [4.69, 9.17) is 0 Å². The third-order valence-electron chi connectivity index (χ3n) is 2.43. The number of nitrogens with zero attached hydrogens (tertiary/aromatic N) is 7. The van der Waals surface area contributed by atoms with Crippen molar-refractivity contribution in [2.45, 2.75) is 18.2 Å². The van der Waals surface area contributed by atoms with Crippen LogP contribution in [0.2, 0.25) is 0 Å². The van der Waals surface area contributed by atoms with Crippen LogP contribution in [0.25, 0.3) is 0 Å². The minimum absolute atomic E-state index is 0.272. The zero-order valence-electron chi connectivity index (χ0n) is 12.4. The Labute approximate surface area is 137 Å². The van der Waals surface area contributed by atoms with Crippen LogP contribution in [0, 0.1) is 6.92 Å². The molecule has 2 heterocycles. The van der Waals surface area contributed by atoms with Gasteiger partial charge in [-0.3, -0.25) is 8.75 Å². The second kappa shape index (κ2) is 7.76. The van der Waals surface area contributed by atoms with Crippen LogP contribution < -0.4 is 0 Å². The monoisotopic (exact) mass is 361 g/mol. The molecule has 2 aromatic rings. The molecule has 0 saturated carbocycles. The van der Waals surface area contributed by atoms with Crippen LogP contribution in [0.5, 0.6) is 0 Å². The maximum atomic E-state index is 11.3. The topological polar surface area (TPSA) is 107 Å². The fraction of sp³-hybridized carbons (Fsp3) is 0.500. The standard InChI is InChI=1S/C10H15N7O2S3/c1-5-20-10-15-14-9(21-10)13-12-7-6(2)11-8(17(7)3)16-22(18)19-4/h22H,5H2,1-4H3/b13-12+.